The quantitative estimate of drug-likeness (QED) is 0.309. The van der Waals surface area contributed by atoms with Crippen molar-refractivity contribution in [1.29, 1.82) is 0 Å². The van der Waals surface area contributed by atoms with Gasteiger partial charge in [0.25, 0.3) is 0 Å². The normalized spacial score (nSPS) is 11.0. The Morgan fingerprint density at radius 3 is 2.83 bits per heavy atom. The topological polar surface area (TPSA) is 54.2 Å². The first-order chi connectivity index (χ1) is 10.7. The summed E-state index contributed by atoms with van der Waals surface area (Å²) in [5.74, 6) is 0.789. The molecule has 0 saturated heterocycles. The van der Waals surface area contributed by atoms with Crippen LogP contribution in [0, 0.1) is 6.92 Å². The van der Waals surface area contributed by atoms with Crippen molar-refractivity contribution in [3.05, 3.63) is 52.8 Å². The largest absolute Gasteiger partial charge is 0.356 e. The van der Waals surface area contributed by atoms with Crippen LogP contribution in [-0.4, -0.2) is 29.3 Å². The third-order valence-corrected chi connectivity index (χ3v) is 3.43. The van der Waals surface area contributed by atoms with Gasteiger partial charge in [-0.25, -0.2) is 0 Å². The van der Waals surface area contributed by atoms with Crippen molar-refractivity contribution < 1.29 is 0 Å². The molecule has 0 spiro atoms. The van der Waals surface area contributed by atoms with Gasteiger partial charge < -0.3 is 10.6 Å². The number of aliphatic imine (C=N–C) groups is 1. The second-order valence-corrected chi connectivity index (χ2v) is 5.55. The Morgan fingerprint density at radius 2 is 2.17 bits per heavy atom. The van der Waals surface area contributed by atoms with Crippen molar-refractivity contribution in [2.24, 2.45) is 4.99 Å². The third-order valence-electron chi connectivity index (χ3n) is 3.19. The molecule has 0 aliphatic carbocycles. The van der Waals surface area contributed by atoms with Crippen molar-refractivity contribution in [1.82, 2.24) is 20.4 Å². The van der Waals surface area contributed by atoms with Crippen LogP contribution in [-0.2, 0) is 13.1 Å². The lowest BCUT2D eigenvalue weighted by molar-refractivity contribution is 0.570. The lowest BCUT2D eigenvalue weighted by Crippen LogP contribution is -2.37. The van der Waals surface area contributed by atoms with E-state index >= 15 is 0 Å². The van der Waals surface area contributed by atoms with E-state index in [1.165, 1.54) is 5.56 Å². The first-order valence-electron chi connectivity index (χ1n) is 7.35. The molecule has 2 aromatic rings. The van der Waals surface area contributed by atoms with Crippen LogP contribution in [0.1, 0.15) is 17.5 Å². The molecule has 2 rings (SSSR count). The van der Waals surface area contributed by atoms with Crippen LogP contribution in [0.4, 0.5) is 0 Å². The third kappa shape index (κ3) is 7.22. The van der Waals surface area contributed by atoms with Crippen LogP contribution < -0.4 is 10.6 Å². The van der Waals surface area contributed by atoms with Gasteiger partial charge in [-0.2, -0.15) is 5.10 Å². The van der Waals surface area contributed by atoms with E-state index in [0.29, 0.717) is 6.54 Å². The predicted octanol–water partition coefficient (Wildman–Crippen LogP) is 3.22. The Bertz CT molecular complexity index is 626. The Balaban J connectivity index is 0.00000264. The van der Waals surface area contributed by atoms with Crippen LogP contribution in [0.15, 0.2) is 41.7 Å². The molecule has 0 aliphatic rings. The van der Waals surface area contributed by atoms with E-state index in [-0.39, 0.29) is 24.0 Å². The van der Waals surface area contributed by atoms with Gasteiger partial charge >= 0.3 is 0 Å². The smallest absolute Gasteiger partial charge is 0.191 e. The van der Waals surface area contributed by atoms with Crippen LogP contribution in [0.5, 0.6) is 0 Å². The molecule has 0 unspecified atom stereocenters. The summed E-state index contributed by atoms with van der Waals surface area (Å²) in [5, 5.41) is 11.6. The average Bonchev–Trinajstić information content (AvgIpc) is 2.92. The summed E-state index contributed by atoms with van der Waals surface area (Å²) >= 11 is 5.97. The van der Waals surface area contributed by atoms with Gasteiger partial charge in [0.15, 0.2) is 5.96 Å². The van der Waals surface area contributed by atoms with Gasteiger partial charge in [-0.05, 0) is 36.6 Å². The molecule has 1 aromatic heterocycles. The van der Waals surface area contributed by atoms with Crippen LogP contribution in [0.3, 0.4) is 0 Å². The maximum Gasteiger partial charge on any atom is 0.191 e. The monoisotopic (exact) mass is 447 g/mol. The zero-order chi connectivity index (χ0) is 15.8. The number of benzene rings is 1. The van der Waals surface area contributed by atoms with E-state index in [2.05, 4.69) is 20.7 Å². The van der Waals surface area contributed by atoms with E-state index in [9.17, 15) is 0 Å². The van der Waals surface area contributed by atoms with Gasteiger partial charge in [0, 0.05) is 37.9 Å². The van der Waals surface area contributed by atoms with Gasteiger partial charge in [-0.3, -0.25) is 9.67 Å². The zero-order valence-electron chi connectivity index (χ0n) is 13.4. The van der Waals surface area contributed by atoms with Gasteiger partial charge in [-0.15, -0.1) is 24.0 Å². The van der Waals surface area contributed by atoms with Crippen molar-refractivity contribution in [2.45, 2.75) is 26.4 Å². The van der Waals surface area contributed by atoms with Gasteiger partial charge in [-0.1, -0.05) is 23.7 Å². The summed E-state index contributed by atoms with van der Waals surface area (Å²) < 4.78 is 1.96. The fourth-order valence-corrected chi connectivity index (χ4v) is 2.30. The lowest BCUT2D eigenvalue weighted by Gasteiger charge is -2.12. The van der Waals surface area contributed by atoms with E-state index in [1.54, 1.807) is 7.05 Å². The highest BCUT2D eigenvalue weighted by Crippen LogP contribution is 2.10. The molecule has 7 heteroatoms. The van der Waals surface area contributed by atoms with Crippen molar-refractivity contribution in [3.63, 3.8) is 0 Å². The lowest BCUT2D eigenvalue weighted by atomic mass is 10.2. The minimum absolute atomic E-state index is 0. The average molecular weight is 448 g/mol. The number of aromatic nitrogens is 2. The van der Waals surface area contributed by atoms with Crippen LogP contribution in [0.25, 0.3) is 0 Å². The number of guanidine groups is 1. The molecule has 1 aromatic carbocycles. The molecule has 23 heavy (non-hydrogen) atoms. The molecule has 5 nitrogen and oxygen atoms in total. The molecular weight excluding hydrogens is 425 g/mol. The van der Waals surface area contributed by atoms with Crippen LogP contribution >= 0.6 is 35.6 Å². The molecular formula is C16H23ClIN5. The van der Waals surface area contributed by atoms with Gasteiger partial charge in [0.1, 0.15) is 0 Å². The molecule has 2 N–H and O–H groups in total. The highest BCUT2D eigenvalue weighted by molar-refractivity contribution is 14.0. The maximum atomic E-state index is 5.97. The van der Waals surface area contributed by atoms with Gasteiger partial charge in [0.2, 0.25) is 0 Å². The van der Waals surface area contributed by atoms with Crippen molar-refractivity contribution >= 4 is 41.5 Å². The minimum Gasteiger partial charge on any atom is -0.356 e. The van der Waals surface area contributed by atoms with E-state index < -0.39 is 0 Å². The molecule has 0 aliphatic heterocycles. The highest BCUT2D eigenvalue weighted by atomic mass is 127. The Labute approximate surface area is 159 Å². The number of nitrogens with one attached hydrogen (secondary N) is 2. The number of hydrogen-bond donors (Lipinski definition) is 2. The molecule has 0 bridgehead atoms. The SMILES string of the molecule is CN=C(NCCCn1cc(C)cn1)NCc1cccc(Cl)c1.I. The Hall–Kier alpha value is -1.28. The predicted molar refractivity (Wildman–Crippen MR) is 107 cm³/mol. The fraction of sp³-hybridized carbons (Fsp3) is 0.375. The molecule has 126 valence electrons. The highest BCUT2D eigenvalue weighted by Gasteiger charge is 1.99. The molecule has 0 radical (unpaired) electrons. The summed E-state index contributed by atoms with van der Waals surface area (Å²) in [5.41, 5.74) is 2.31. The number of hydrogen-bond acceptors (Lipinski definition) is 2. The molecule has 1 heterocycles. The second-order valence-electron chi connectivity index (χ2n) is 5.12. The number of rotatable bonds is 6. The first kappa shape index (κ1) is 19.8. The summed E-state index contributed by atoms with van der Waals surface area (Å²) in [6.45, 7) is 4.47. The zero-order valence-corrected chi connectivity index (χ0v) is 16.5. The van der Waals surface area contributed by atoms with Crippen LogP contribution in [0.2, 0.25) is 5.02 Å². The Morgan fingerprint density at radius 1 is 1.35 bits per heavy atom. The molecule has 0 amide bonds. The second kappa shape index (κ2) is 10.5. The summed E-state index contributed by atoms with van der Waals surface area (Å²) in [4.78, 5) is 4.21. The molecule has 0 atom stereocenters. The van der Waals surface area contributed by atoms with Gasteiger partial charge in [0.05, 0.1) is 6.20 Å². The summed E-state index contributed by atoms with van der Waals surface area (Å²) in [7, 11) is 1.77. The van der Waals surface area contributed by atoms with E-state index in [0.717, 1.165) is 36.1 Å². The fourth-order valence-electron chi connectivity index (χ4n) is 2.09. The molecule has 0 saturated carbocycles. The van der Waals surface area contributed by atoms with E-state index in [1.807, 2.05) is 48.3 Å². The van der Waals surface area contributed by atoms with E-state index in [4.69, 9.17) is 11.6 Å². The number of aryl methyl sites for hydroxylation is 2. The number of halogens is 2. The molecule has 0 fully saturated rings. The maximum absolute atomic E-state index is 5.97. The standard InChI is InChI=1S/C16H22ClN5.HI/c1-13-10-21-22(12-13)8-4-7-19-16(18-2)20-11-14-5-3-6-15(17)9-14;/h3,5-6,9-10,12H,4,7-8,11H2,1-2H3,(H2,18,19,20);1H. The number of nitrogens with zero attached hydrogens (tertiary/aromatic N) is 3. The van der Waals surface area contributed by atoms with Crippen molar-refractivity contribution in [3.8, 4) is 0 Å². The minimum atomic E-state index is 0. The Kier molecular flexibility index (Phi) is 9.01. The summed E-state index contributed by atoms with van der Waals surface area (Å²) in [6.07, 6.45) is 4.91. The first-order valence-corrected chi connectivity index (χ1v) is 7.73. The van der Waals surface area contributed by atoms with Crippen molar-refractivity contribution in [2.75, 3.05) is 13.6 Å². The summed E-state index contributed by atoms with van der Waals surface area (Å²) in [6, 6.07) is 7.80.